The molecule has 7 heteroatoms. The quantitative estimate of drug-likeness (QED) is 0.891. The van der Waals surface area contributed by atoms with Gasteiger partial charge in [0, 0.05) is 6.54 Å². The van der Waals surface area contributed by atoms with Gasteiger partial charge in [-0.05, 0) is 50.0 Å². The Hall–Kier alpha value is -0.690. The first kappa shape index (κ1) is 14.7. The van der Waals surface area contributed by atoms with Gasteiger partial charge < -0.3 is 5.32 Å². The lowest BCUT2D eigenvalue weighted by molar-refractivity contribution is 0.376. The number of sulfonamides is 1. The molecule has 0 aliphatic carbocycles. The molecule has 2 rings (SSSR count). The van der Waals surface area contributed by atoms with Gasteiger partial charge >= 0.3 is 0 Å². The van der Waals surface area contributed by atoms with Crippen LogP contribution in [0.4, 0.5) is 4.39 Å². The van der Waals surface area contributed by atoms with Crippen molar-refractivity contribution in [3.8, 4) is 0 Å². The van der Waals surface area contributed by atoms with Gasteiger partial charge in [-0.25, -0.2) is 17.5 Å². The zero-order valence-electron chi connectivity index (χ0n) is 10.3. The first-order valence-corrected chi connectivity index (χ1v) is 8.00. The number of rotatable bonds is 4. The summed E-state index contributed by atoms with van der Waals surface area (Å²) in [6.07, 6.45) is 2.01. The fraction of sp³-hybridized carbons (Fsp3) is 0.500. The summed E-state index contributed by atoms with van der Waals surface area (Å²) >= 11 is 5.80. The summed E-state index contributed by atoms with van der Waals surface area (Å²) < 4.78 is 39.7. The Morgan fingerprint density at radius 2 is 2.26 bits per heavy atom. The normalized spacial score (nSPS) is 20.4. The predicted molar refractivity (Wildman–Crippen MR) is 72.2 cm³/mol. The maximum absolute atomic E-state index is 13.1. The van der Waals surface area contributed by atoms with Gasteiger partial charge in [0.1, 0.15) is 10.7 Å². The molecule has 1 aliphatic rings. The fourth-order valence-electron chi connectivity index (χ4n) is 2.09. The van der Waals surface area contributed by atoms with Crippen LogP contribution in [0.3, 0.4) is 0 Å². The molecule has 1 heterocycles. The van der Waals surface area contributed by atoms with E-state index in [0.29, 0.717) is 6.54 Å². The summed E-state index contributed by atoms with van der Waals surface area (Å²) in [5.74, 6) is -0.361. The van der Waals surface area contributed by atoms with E-state index in [9.17, 15) is 12.8 Å². The van der Waals surface area contributed by atoms with E-state index in [1.54, 1.807) is 0 Å². The van der Waals surface area contributed by atoms with Crippen molar-refractivity contribution in [3.05, 3.63) is 29.0 Å². The molecule has 1 saturated heterocycles. The molecular weight excluding hydrogens is 291 g/mol. The SMILES string of the molecule is O=S(=O)(NCC1CCCNC1)c1cc(F)ccc1Cl. The summed E-state index contributed by atoms with van der Waals surface area (Å²) in [7, 11) is -3.76. The molecule has 0 spiro atoms. The molecule has 1 aromatic rings. The van der Waals surface area contributed by atoms with Gasteiger partial charge in [-0.3, -0.25) is 0 Å². The van der Waals surface area contributed by atoms with E-state index in [1.807, 2.05) is 0 Å². The molecule has 1 aliphatic heterocycles. The van der Waals surface area contributed by atoms with Crippen molar-refractivity contribution in [2.75, 3.05) is 19.6 Å². The van der Waals surface area contributed by atoms with Crippen molar-refractivity contribution < 1.29 is 12.8 Å². The van der Waals surface area contributed by atoms with Crippen LogP contribution in [0.15, 0.2) is 23.1 Å². The minimum atomic E-state index is -3.76. The molecule has 0 bridgehead atoms. The highest BCUT2D eigenvalue weighted by Crippen LogP contribution is 2.22. The second kappa shape index (κ2) is 6.17. The van der Waals surface area contributed by atoms with Crippen LogP contribution >= 0.6 is 11.6 Å². The predicted octanol–water partition coefficient (Wildman–Crippen LogP) is 1.76. The first-order chi connectivity index (χ1) is 8.99. The van der Waals surface area contributed by atoms with Crippen LogP contribution in [0.1, 0.15) is 12.8 Å². The summed E-state index contributed by atoms with van der Waals surface area (Å²) in [6, 6.07) is 3.31. The second-order valence-electron chi connectivity index (χ2n) is 4.64. The van der Waals surface area contributed by atoms with E-state index >= 15 is 0 Å². The monoisotopic (exact) mass is 306 g/mol. The minimum absolute atomic E-state index is 0.0238. The number of hydrogen-bond donors (Lipinski definition) is 2. The van der Waals surface area contributed by atoms with E-state index in [-0.39, 0.29) is 15.8 Å². The average Bonchev–Trinajstić information content (AvgIpc) is 2.40. The molecule has 1 fully saturated rings. The van der Waals surface area contributed by atoms with E-state index in [1.165, 1.54) is 6.07 Å². The minimum Gasteiger partial charge on any atom is -0.316 e. The van der Waals surface area contributed by atoms with Gasteiger partial charge in [0.15, 0.2) is 0 Å². The molecule has 0 radical (unpaired) electrons. The van der Waals surface area contributed by atoms with Crippen LogP contribution in [-0.2, 0) is 10.0 Å². The third kappa shape index (κ3) is 3.89. The highest BCUT2D eigenvalue weighted by atomic mass is 35.5. The topological polar surface area (TPSA) is 58.2 Å². The Bertz CT molecular complexity index is 545. The summed E-state index contributed by atoms with van der Waals surface area (Å²) in [5, 5.41) is 3.23. The van der Waals surface area contributed by atoms with E-state index in [4.69, 9.17) is 11.6 Å². The number of hydrogen-bond acceptors (Lipinski definition) is 3. The van der Waals surface area contributed by atoms with E-state index in [0.717, 1.165) is 38.1 Å². The van der Waals surface area contributed by atoms with Gasteiger partial charge in [-0.2, -0.15) is 0 Å². The molecule has 2 N–H and O–H groups in total. The molecule has 0 amide bonds. The summed E-state index contributed by atoms with van der Waals surface area (Å²) in [6.45, 7) is 2.10. The molecular formula is C12H16ClFN2O2S. The van der Waals surface area contributed by atoms with Gasteiger partial charge in [0.25, 0.3) is 0 Å². The third-order valence-corrected chi connectivity index (χ3v) is 5.05. The Labute approximate surface area is 117 Å². The second-order valence-corrected chi connectivity index (χ2v) is 6.78. The highest BCUT2D eigenvalue weighted by Gasteiger charge is 2.21. The zero-order chi connectivity index (χ0) is 13.9. The van der Waals surface area contributed by atoms with Crippen LogP contribution in [0, 0.1) is 11.7 Å². The van der Waals surface area contributed by atoms with Crippen molar-refractivity contribution in [2.24, 2.45) is 5.92 Å². The maximum Gasteiger partial charge on any atom is 0.242 e. The van der Waals surface area contributed by atoms with Crippen LogP contribution < -0.4 is 10.0 Å². The Morgan fingerprint density at radius 1 is 1.47 bits per heavy atom. The van der Waals surface area contributed by atoms with Gasteiger partial charge in [0.05, 0.1) is 5.02 Å². The lowest BCUT2D eigenvalue weighted by Crippen LogP contribution is -2.38. The highest BCUT2D eigenvalue weighted by molar-refractivity contribution is 7.89. The van der Waals surface area contributed by atoms with Crippen LogP contribution in [0.5, 0.6) is 0 Å². The Balaban J connectivity index is 2.07. The average molecular weight is 307 g/mol. The van der Waals surface area contributed by atoms with Crippen molar-refractivity contribution >= 4 is 21.6 Å². The van der Waals surface area contributed by atoms with Crippen LogP contribution in [-0.4, -0.2) is 28.1 Å². The molecule has 0 aromatic heterocycles. The number of nitrogens with one attached hydrogen (secondary N) is 2. The standard InChI is InChI=1S/C12H16ClFN2O2S/c13-11-4-3-10(14)6-12(11)19(17,18)16-8-9-2-1-5-15-7-9/h3-4,6,9,15-16H,1-2,5,7-8H2. The zero-order valence-corrected chi connectivity index (χ0v) is 11.9. The lowest BCUT2D eigenvalue weighted by Gasteiger charge is -2.22. The number of piperidine rings is 1. The maximum atomic E-state index is 13.1. The molecule has 4 nitrogen and oxygen atoms in total. The molecule has 106 valence electrons. The molecule has 19 heavy (non-hydrogen) atoms. The molecule has 1 atom stereocenters. The smallest absolute Gasteiger partial charge is 0.242 e. The Morgan fingerprint density at radius 3 is 2.95 bits per heavy atom. The van der Waals surface area contributed by atoms with Crippen molar-refractivity contribution in [1.29, 1.82) is 0 Å². The summed E-state index contributed by atoms with van der Waals surface area (Å²) in [4.78, 5) is -0.210. The number of halogens is 2. The van der Waals surface area contributed by atoms with E-state index < -0.39 is 15.8 Å². The van der Waals surface area contributed by atoms with Gasteiger partial charge in [-0.15, -0.1) is 0 Å². The van der Waals surface area contributed by atoms with Gasteiger partial charge in [0.2, 0.25) is 10.0 Å². The fourth-order valence-corrected chi connectivity index (χ4v) is 3.71. The number of benzene rings is 1. The van der Waals surface area contributed by atoms with Crippen molar-refractivity contribution in [3.63, 3.8) is 0 Å². The van der Waals surface area contributed by atoms with Crippen LogP contribution in [0.2, 0.25) is 5.02 Å². The van der Waals surface area contributed by atoms with Crippen molar-refractivity contribution in [1.82, 2.24) is 10.0 Å². The van der Waals surface area contributed by atoms with Gasteiger partial charge in [-0.1, -0.05) is 11.6 Å². The first-order valence-electron chi connectivity index (χ1n) is 6.14. The molecule has 1 aromatic carbocycles. The largest absolute Gasteiger partial charge is 0.316 e. The lowest BCUT2D eigenvalue weighted by atomic mass is 10.0. The van der Waals surface area contributed by atoms with Crippen LogP contribution in [0.25, 0.3) is 0 Å². The summed E-state index contributed by atoms with van der Waals surface area (Å²) in [5.41, 5.74) is 0. The third-order valence-electron chi connectivity index (χ3n) is 3.14. The van der Waals surface area contributed by atoms with Crippen molar-refractivity contribution in [2.45, 2.75) is 17.7 Å². The molecule has 1 unspecified atom stereocenters. The van der Waals surface area contributed by atoms with E-state index in [2.05, 4.69) is 10.0 Å². The molecule has 0 saturated carbocycles. The Kier molecular flexibility index (Phi) is 4.78.